The van der Waals surface area contributed by atoms with Crippen LogP contribution >= 0.6 is 0 Å². The molecule has 1 atom stereocenters. The second kappa shape index (κ2) is 7.88. The summed E-state index contributed by atoms with van der Waals surface area (Å²) in [7, 11) is 3.13. The fraction of sp³-hybridized carbons (Fsp3) is 0.222. The molecule has 0 radical (unpaired) electrons. The highest BCUT2D eigenvalue weighted by molar-refractivity contribution is 5.96. The number of ether oxygens (including phenoxy) is 2. The van der Waals surface area contributed by atoms with Crippen LogP contribution in [0, 0.1) is 11.3 Å². The zero-order chi connectivity index (χ0) is 17.5. The molecule has 0 aliphatic heterocycles. The molecule has 0 bridgehead atoms. The minimum absolute atomic E-state index is 0.219. The van der Waals surface area contributed by atoms with Gasteiger partial charge in [-0.3, -0.25) is 4.79 Å². The molecule has 0 aromatic heterocycles. The summed E-state index contributed by atoms with van der Waals surface area (Å²) in [5, 5.41) is 14.8. The summed E-state index contributed by atoms with van der Waals surface area (Å²) >= 11 is 0. The van der Waals surface area contributed by atoms with Crippen molar-refractivity contribution < 1.29 is 14.3 Å². The Morgan fingerprint density at radius 3 is 2.62 bits per heavy atom. The van der Waals surface area contributed by atoms with Crippen LogP contribution in [-0.2, 0) is 4.79 Å². The Morgan fingerprint density at radius 2 is 1.96 bits per heavy atom. The summed E-state index contributed by atoms with van der Waals surface area (Å²) in [4.78, 5) is 12.3. The van der Waals surface area contributed by atoms with E-state index in [1.54, 1.807) is 63.6 Å². The smallest absolute Gasteiger partial charge is 0.246 e. The molecule has 24 heavy (non-hydrogen) atoms. The number of benzene rings is 2. The van der Waals surface area contributed by atoms with Gasteiger partial charge in [-0.25, -0.2) is 0 Å². The Kier molecular flexibility index (Phi) is 5.63. The van der Waals surface area contributed by atoms with E-state index in [2.05, 4.69) is 10.6 Å². The van der Waals surface area contributed by atoms with Gasteiger partial charge in [-0.1, -0.05) is 6.07 Å². The van der Waals surface area contributed by atoms with Crippen LogP contribution in [0.4, 0.5) is 11.4 Å². The average molecular weight is 325 g/mol. The number of anilines is 2. The topological polar surface area (TPSA) is 83.4 Å². The molecular formula is C18H19N3O3. The van der Waals surface area contributed by atoms with E-state index in [4.69, 9.17) is 14.7 Å². The maximum atomic E-state index is 12.3. The Labute approximate surface area is 141 Å². The molecule has 1 amide bonds. The standard InChI is InChI=1S/C18H19N3O3/c1-12(18(22)21-14-6-4-5-13(9-14)11-19)20-16-8-7-15(23-2)10-17(16)24-3/h4-10,12,20H,1-3H3,(H,21,22)/t12-/m0/s1. The number of amides is 1. The van der Waals surface area contributed by atoms with E-state index < -0.39 is 6.04 Å². The van der Waals surface area contributed by atoms with Crippen LogP contribution in [0.5, 0.6) is 11.5 Å². The lowest BCUT2D eigenvalue weighted by Gasteiger charge is -2.18. The highest BCUT2D eigenvalue weighted by Gasteiger charge is 2.15. The minimum Gasteiger partial charge on any atom is -0.497 e. The van der Waals surface area contributed by atoms with Gasteiger partial charge in [-0.15, -0.1) is 0 Å². The van der Waals surface area contributed by atoms with Gasteiger partial charge in [0.05, 0.1) is 31.5 Å². The molecule has 0 saturated carbocycles. The Hall–Kier alpha value is -3.20. The van der Waals surface area contributed by atoms with Gasteiger partial charge in [0.25, 0.3) is 0 Å². The summed E-state index contributed by atoms with van der Waals surface area (Å²) < 4.78 is 10.5. The molecular weight excluding hydrogens is 306 g/mol. The van der Waals surface area contributed by atoms with Crippen LogP contribution in [0.25, 0.3) is 0 Å². The molecule has 0 fully saturated rings. The average Bonchev–Trinajstić information content (AvgIpc) is 2.62. The third-order valence-electron chi connectivity index (χ3n) is 3.43. The van der Waals surface area contributed by atoms with Gasteiger partial charge in [0.15, 0.2) is 0 Å². The van der Waals surface area contributed by atoms with E-state index in [1.165, 1.54) is 0 Å². The van der Waals surface area contributed by atoms with E-state index in [0.29, 0.717) is 28.4 Å². The first-order valence-corrected chi connectivity index (χ1v) is 7.37. The van der Waals surface area contributed by atoms with Crippen LogP contribution in [0.15, 0.2) is 42.5 Å². The van der Waals surface area contributed by atoms with Gasteiger partial charge < -0.3 is 20.1 Å². The van der Waals surface area contributed by atoms with Gasteiger partial charge in [0, 0.05) is 11.8 Å². The Bertz CT molecular complexity index is 768. The number of methoxy groups -OCH3 is 2. The van der Waals surface area contributed by atoms with Crippen LogP contribution in [0.2, 0.25) is 0 Å². The monoisotopic (exact) mass is 325 g/mol. The van der Waals surface area contributed by atoms with E-state index in [0.717, 1.165) is 0 Å². The maximum absolute atomic E-state index is 12.3. The zero-order valence-electron chi connectivity index (χ0n) is 13.8. The van der Waals surface area contributed by atoms with Gasteiger partial charge in [-0.05, 0) is 37.3 Å². The van der Waals surface area contributed by atoms with Crippen LogP contribution in [0.3, 0.4) is 0 Å². The third kappa shape index (κ3) is 4.17. The molecule has 0 aliphatic rings. The van der Waals surface area contributed by atoms with Gasteiger partial charge in [-0.2, -0.15) is 5.26 Å². The fourth-order valence-corrected chi connectivity index (χ4v) is 2.13. The number of nitrogens with zero attached hydrogens (tertiary/aromatic N) is 1. The van der Waals surface area contributed by atoms with Gasteiger partial charge in [0.1, 0.15) is 17.5 Å². The van der Waals surface area contributed by atoms with Crippen molar-refractivity contribution in [1.82, 2.24) is 0 Å². The Morgan fingerprint density at radius 1 is 1.17 bits per heavy atom. The molecule has 0 aliphatic carbocycles. The largest absolute Gasteiger partial charge is 0.497 e. The number of carbonyl (C=O) groups excluding carboxylic acids is 1. The fourth-order valence-electron chi connectivity index (χ4n) is 2.13. The molecule has 2 aromatic carbocycles. The molecule has 2 rings (SSSR count). The number of nitriles is 1. The molecule has 124 valence electrons. The molecule has 0 spiro atoms. The van der Waals surface area contributed by atoms with E-state index in [9.17, 15) is 4.79 Å². The third-order valence-corrected chi connectivity index (χ3v) is 3.43. The summed E-state index contributed by atoms with van der Waals surface area (Å²) in [6, 6.07) is 13.6. The normalized spacial score (nSPS) is 11.1. The first-order valence-electron chi connectivity index (χ1n) is 7.37. The first kappa shape index (κ1) is 17.2. The van der Waals surface area contributed by atoms with Crippen molar-refractivity contribution >= 4 is 17.3 Å². The number of hydrogen-bond donors (Lipinski definition) is 2. The molecule has 0 unspecified atom stereocenters. The predicted molar refractivity (Wildman–Crippen MR) is 92.4 cm³/mol. The van der Waals surface area contributed by atoms with Crippen molar-refractivity contribution in [3.63, 3.8) is 0 Å². The summed E-state index contributed by atoms with van der Waals surface area (Å²) in [6.45, 7) is 1.74. The lowest BCUT2D eigenvalue weighted by molar-refractivity contribution is -0.116. The van der Waals surface area contributed by atoms with Crippen LogP contribution < -0.4 is 20.1 Å². The highest BCUT2D eigenvalue weighted by atomic mass is 16.5. The van der Waals surface area contributed by atoms with Gasteiger partial charge in [0.2, 0.25) is 5.91 Å². The molecule has 6 heteroatoms. The lowest BCUT2D eigenvalue weighted by Crippen LogP contribution is -2.32. The van der Waals surface area contributed by atoms with E-state index in [-0.39, 0.29) is 5.91 Å². The van der Waals surface area contributed by atoms with Crippen LogP contribution in [-0.4, -0.2) is 26.2 Å². The maximum Gasteiger partial charge on any atom is 0.246 e. The zero-order valence-corrected chi connectivity index (χ0v) is 13.8. The molecule has 6 nitrogen and oxygen atoms in total. The molecule has 2 aromatic rings. The van der Waals surface area contributed by atoms with Crippen molar-refractivity contribution in [3.8, 4) is 17.6 Å². The van der Waals surface area contributed by atoms with Crippen LogP contribution in [0.1, 0.15) is 12.5 Å². The first-order chi connectivity index (χ1) is 11.6. The minimum atomic E-state index is -0.502. The van der Waals surface area contributed by atoms with Crippen molar-refractivity contribution in [3.05, 3.63) is 48.0 Å². The summed E-state index contributed by atoms with van der Waals surface area (Å²) in [6.07, 6.45) is 0. The summed E-state index contributed by atoms with van der Waals surface area (Å²) in [5.74, 6) is 1.03. The lowest BCUT2D eigenvalue weighted by atomic mass is 10.2. The highest BCUT2D eigenvalue weighted by Crippen LogP contribution is 2.29. The second-order valence-corrected chi connectivity index (χ2v) is 5.11. The quantitative estimate of drug-likeness (QED) is 0.853. The second-order valence-electron chi connectivity index (χ2n) is 5.11. The SMILES string of the molecule is COc1ccc(N[C@@H](C)C(=O)Nc2cccc(C#N)c2)c(OC)c1. The van der Waals surface area contributed by atoms with Gasteiger partial charge >= 0.3 is 0 Å². The van der Waals surface area contributed by atoms with E-state index >= 15 is 0 Å². The van der Waals surface area contributed by atoms with E-state index in [1.807, 2.05) is 6.07 Å². The summed E-state index contributed by atoms with van der Waals surface area (Å²) in [5.41, 5.74) is 1.76. The van der Waals surface area contributed by atoms with Crippen molar-refractivity contribution in [2.24, 2.45) is 0 Å². The molecule has 2 N–H and O–H groups in total. The molecule has 0 heterocycles. The number of hydrogen-bond acceptors (Lipinski definition) is 5. The number of carbonyl (C=O) groups is 1. The number of nitrogens with one attached hydrogen (secondary N) is 2. The van der Waals surface area contributed by atoms with Crippen molar-refractivity contribution in [2.75, 3.05) is 24.9 Å². The Balaban J connectivity index is 2.07. The molecule has 0 saturated heterocycles. The predicted octanol–water partition coefficient (Wildman–Crippen LogP) is 3.01. The van der Waals surface area contributed by atoms with Crippen molar-refractivity contribution in [2.45, 2.75) is 13.0 Å². The number of rotatable bonds is 6. The van der Waals surface area contributed by atoms with Crippen molar-refractivity contribution in [1.29, 1.82) is 5.26 Å².